The highest BCUT2D eigenvalue weighted by Gasteiger charge is 2.20. The van der Waals surface area contributed by atoms with Crippen LogP contribution in [0, 0.1) is 0 Å². The van der Waals surface area contributed by atoms with Gasteiger partial charge in [0.25, 0.3) is 0 Å². The molecule has 1 aromatic heterocycles. The molecule has 1 unspecified atom stereocenters. The Morgan fingerprint density at radius 1 is 1.24 bits per heavy atom. The van der Waals surface area contributed by atoms with E-state index in [0.717, 1.165) is 30.0 Å². The van der Waals surface area contributed by atoms with Crippen molar-refractivity contribution in [2.45, 2.75) is 46.6 Å². The molecule has 118 valence electrons. The van der Waals surface area contributed by atoms with E-state index in [-0.39, 0.29) is 11.9 Å². The lowest BCUT2D eigenvalue weighted by Crippen LogP contribution is -2.41. The maximum atomic E-state index is 12.3. The van der Waals surface area contributed by atoms with Crippen molar-refractivity contribution in [3.05, 3.63) is 11.9 Å². The second-order valence-electron chi connectivity index (χ2n) is 4.93. The molecule has 0 radical (unpaired) electrons. The van der Waals surface area contributed by atoms with Gasteiger partial charge in [-0.15, -0.1) is 0 Å². The highest BCUT2D eigenvalue weighted by molar-refractivity contribution is 5.84. The zero-order valence-corrected chi connectivity index (χ0v) is 13.7. The third kappa shape index (κ3) is 4.31. The first-order chi connectivity index (χ1) is 10.1. The van der Waals surface area contributed by atoms with Crippen LogP contribution in [0.25, 0.3) is 0 Å². The van der Waals surface area contributed by atoms with Crippen molar-refractivity contribution in [1.82, 2.24) is 14.9 Å². The van der Waals surface area contributed by atoms with Gasteiger partial charge in [0.05, 0.1) is 0 Å². The summed E-state index contributed by atoms with van der Waals surface area (Å²) in [5.74, 6) is 1.65. The number of carbonyl (C=O) groups excluding carboxylic acids is 1. The van der Waals surface area contributed by atoms with Crippen LogP contribution >= 0.6 is 0 Å². The van der Waals surface area contributed by atoms with E-state index in [0.29, 0.717) is 13.1 Å². The average molecular weight is 293 g/mol. The van der Waals surface area contributed by atoms with E-state index in [1.165, 1.54) is 6.33 Å². The van der Waals surface area contributed by atoms with Crippen LogP contribution in [0.4, 0.5) is 11.6 Å². The molecule has 1 rings (SSSR count). The second-order valence-corrected chi connectivity index (χ2v) is 4.93. The molecule has 1 aromatic rings. The lowest BCUT2D eigenvalue weighted by Gasteiger charge is -2.24. The fraction of sp³-hybridized carbons (Fsp3) is 0.667. The Hall–Kier alpha value is -1.85. The molecule has 0 saturated carbocycles. The van der Waals surface area contributed by atoms with Gasteiger partial charge < -0.3 is 15.5 Å². The molecule has 21 heavy (non-hydrogen) atoms. The van der Waals surface area contributed by atoms with Gasteiger partial charge in [-0.1, -0.05) is 13.3 Å². The average Bonchev–Trinajstić information content (AvgIpc) is 2.50. The van der Waals surface area contributed by atoms with E-state index in [4.69, 9.17) is 0 Å². The quantitative estimate of drug-likeness (QED) is 0.768. The van der Waals surface area contributed by atoms with Crippen LogP contribution in [-0.4, -0.2) is 47.0 Å². The minimum absolute atomic E-state index is 0.0899. The van der Waals surface area contributed by atoms with Crippen molar-refractivity contribution in [1.29, 1.82) is 0 Å². The molecule has 0 aliphatic heterocycles. The lowest BCUT2D eigenvalue weighted by atomic mass is 10.1. The van der Waals surface area contributed by atoms with Gasteiger partial charge in [0.2, 0.25) is 5.91 Å². The largest absolute Gasteiger partial charge is 0.373 e. The van der Waals surface area contributed by atoms with Crippen molar-refractivity contribution in [2.75, 3.05) is 30.8 Å². The molecule has 0 saturated heterocycles. The minimum Gasteiger partial charge on any atom is -0.373 e. The molecule has 0 fully saturated rings. The molecule has 0 spiro atoms. The molecule has 1 amide bonds. The number of aromatic nitrogens is 2. The van der Waals surface area contributed by atoms with Gasteiger partial charge in [0, 0.05) is 25.7 Å². The summed E-state index contributed by atoms with van der Waals surface area (Å²) < 4.78 is 0. The van der Waals surface area contributed by atoms with Gasteiger partial charge in [-0.2, -0.15) is 0 Å². The maximum absolute atomic E-state index is 12.3. The van der Waals surface area contributed by atoms with Crippen molar-refractivity contribution in [2.24, 2.45) is 0 Å². The zero-order chi connectivity index (χ0) is 15.8. The smallest absolute Gasteiger partial charge is 0.244 e. The molecule has 6 nitrogen and oxygen atoms in total. The second kappa shape index (κ2) is 8.44. The first kappa shape index (κ1) is 17.2. The van der Waals surface area contributed by atoms with Gasteiger partial charge in [0.1, 0.15) is 24.0 Å². The molecule has 2 N–H and O–H groups in total. The van der Waals surface area contributed by atoms with Gasteiger partial charge in [-0.3, -0.25) is 4.79 Å². The predicted molar refractivity (Wildman–Crippen MR) is 86.6 cm³/mol. The summed E-state index contributed by atoms with van der Waals surface area (Å²) in [6.07, 6.45) is 3.38. The third-order valence-corrected chi connectivity index (χ3v) is 3.48. The third-order valence-electron chi connectivity index (χ3n) is 3.48. The summed E-state index contributed by atoms with van der Waals surface area (Å²) in [7, 11) is 1.84. The van der Waals surface area contributed by atoms with E-state index in [1.54, 1.807) is 0 Å². The van der Waals surface area contributed by atoms with E-state index >= 15 is 0 Å². The van der Waals surface area contributed by atoms with Crippen molar-refractivity contribution in [3.8, 4) is 0 Å². The van der Waals surface area contributed by atoms with E-state index < -0.39 is 0 Å². The molecule has 6 heteroatoms. The number of nitrogens with one attached hydrogen (secondary N) is 2. The molecule has 1 heterocycles. The molecule has 0 aliphatic rings. The van der Waals surface area contributed by atoms with Gasteiger partial charge in [-0.25, -0.2) is 9.97 Å². The van der Waals surface area contributed by atoms with E-state index in [2.05, 4.69) is 27.5 Å². The number of nitrogens with zero attached hydrogens (tertiary/aromatic N) is 3. The monoisotopic (exact) mass is 293 g/mol. The summed E-state index contributed by atoms with van der Waals surface area (Å²) in [6.45, 7) is 9.39. The van der Waals surface area contributed by atoms with Crippen LogP contribution in [0.1, 0.15) is 39.7 Å². The normalized spacial score (nSPS) is 11.9. The van der Waals surface area contributed by atoms with Crippen molar-refractivity contribution >= 4 is 17.5 Å². The molecule has 0 aliphatic carbocycles. The Labute approximate surface area is 127 Å². The van der Waals surface area contributed by atoms with Crippen LogP contribution in [0.2, 0.25) is 0 Å². The minimum atomic E-state index is -0.305. The molecule has 0 aromatic carbocycles. The fourth-order valence-electron chi connectivity index (χ4n) is 2.31. The number of hydrogen-bond donors (Lipinski definition) is 2. The van der Waals surface area contributed by atoms with E-state index in [1.807, 2.05) is 32.7 Å². The van der Waals surface area contributed by atoms with Crippen LogP contribution in [0.5, 0.6) is 0 Å². The number of anilines is 2. The summed E-state index contributed by atoms with van der Waals surface area (Å²) in [4.78, 5) is 22.7. The van der Waals surface area contributed by atoms with Crippen LogP contribution in [-0.2, 0) is 11.2 Å². The number of rotatable bonds is 8. The topological polar surface area (TPSA) is 70.1 Å². The fourth-order valence-corrected chi connectivity index (χ4v) is 2.31. The summed E-state index contributed by atoms with van der Waals surface area (Å²) in [5.41, 5.74) is 1.03. The molecular weight excluding hydrogens is 266 g/mol. The highest BCUT2D eigenvalue weighted by Crippen LogP contribution is 2.22. The van der Waals surface area contributed by atoms with Crippen molar-refractivity contribution in [3.63, 3.8) is 0 Å². The van der Waals surface area contributed by atoms with Gasteiger partial charge in [-0.05, 0) is 27.2 Å². The van der Waals surface area contributed by atoms with Gasteiger partial charge in [0.15, 0.2) is 0 Å². The summed E-state index contributed by atoms with van der Waals surface area (Å²) >= 11 is 0. The summed E-state index contributed by atoms with van der Waals surface area (Å²) in [6, 6.07) is -0.305. The van der Waals surface area contributed by atoms with Crippen LogP contribution < -0.4 is 10.6 Å². The lowest BCUT2D eigenvalue weighted by molar-refractivity contribution is -0.131. The number of amides is 1. The number of carbonyl (C=O) groups is 1. The molecule has 0 bridgehead atoms. The van der Waals surface area contributed by atoms with Gasteiger partial charge >= 0.3 is 0 Å². The van der Waals surface area contributed by atoms with Crippen LogP contribution in [0.15, 0.2) is 6.33 Å². The first-order valence-corrected chi connectivity index (χ1v) is 7.65. The number of hydrogen-bond acceptors (Lipinski definition) is 5. The van der Waals surface area contributed by atoms with Crippen LogP contribution in [0.3, 0.4) is 0 Å². The Balaban J connectivity index is 2.93. The maximum Gasteiger partial charge on any atom is 0.244 e. The Bertz CT molecular complexity index is 459. The Morgan fingerprint density at radius 3 is 2.38 bits per heavy atom. The molecule has 1 atom stereocenters. The standard InChI is InChI=1S/C15H27N5O/c1-6-9-12-13(16-5)17-10-18-14(12)19-11(4)15(21)20(7-2)8-3/h10-11H,6-9H2,1-5H3,(H2,16,17,18,19). The predicted octanol–water partition coefficient (Wildman–Crippen LogP) is 2.14. The SMILES string of the molecule is CCCc1c(NC)ncnc1NC(C)C(=O)N(CC)CC. The zero-order valence-electron chi connectivity index (χ0n) is 13.7. The Morgan fingerprint density at radius 2 is 1.86 bits per heavy atom. The summed E-state index contributed by atoms with van der Waals surface area (Å²) in [5, 5.41) is 6.32. The number of likely N-dealkylation sites (N-methyl/N-ethyl adjacent to an activating group) is 1. The molecular formula is C15H27N5O. The Kier molecular flexibility index (Phi) is 6.91. The van der Waals surface area contributed by atoms with Crippen molar-refractivity contribution < 1.29 is 4.79 Å². The highest BCUT2D eigenvalue weighted by atomic mass is 16.2. The van der Waals surface area contributed by atoms with E-state index in [9.17, 15) is 4.79 Å². The first-order valence-electron chi connectivity index (χ1n) is 7.65.